The highest BCUT2D eigenvalue weighted by Gasteiger charge is 2.50. The van der Waals surface area contributed by atoms with Gasteiger partial charge in [-0.15, -0.1) is 0 Å². The molecule has 0 spiro atoms. The average Bonchev–Trinajstić information content (AvgIpc) is 3.47. The second-order valence-corrected chi connectivity index (χ2v) is 8.56. The van der Waals surface area contributed by atoms with Crippen LogP contribution >= 0.6 is 0 Å². The molecule has 3 N–H and O–H groups in total. The zero-order chi connectivity index (χ0) is 22.6. The van der Waals surface area contributed by atoms with E-state index in [1.165, 1.54) is 0 Å². The number of ether oxygens (including phenoxy) is 1. The highest BCUT2D eigenvalue weighted by atomic mass is 16.6. The van der Waals surface area contributed by atoms with E-state index < -0.39 is 29.5 Å². The molecule has 2 aliphatic heterocycles. The van der Waals surface area contributed by atoms with Crippen molar-refractivity contribution >= 4 is 23.5 Å². The summed E-state index contributed by atoms with van der Waals surface area (Å²) >= 11 is 0. The molecule has 2 fully saturated rings. The van der Waals surface area contributed by atoms with Crippen LogP contribution in [0.5, 0.6) is 0 Å². The summed E-state index contributed by atoms with van der Waals surface area (Å²) in [5, 5.41) is 7.89. The van der Waals surface area contributed by atoms with Crippen LogP contribution in [0.2, 0.25) is 0 Å². The Hall–Kier alpha value is -2.78. The van der Waals surface area contributed by atoms with Crippen LogP contribution in [-0.2, 0) is 30.3 Å². The molecule has 3 atom stereocenters. The maximum atomic E-state index is 12.8. The van der Waals surface area contributed by atoms with Crippen LogP contribution in [-0.4, -0.2) is 79.4 Å². The lowest BCUT2D eigenvalue weighted by molar-refractivity contribution is -0.134. The lowest BCUT2D eigenvalue weighted by atomic mass is 9.95. The number of nitrogens with one attached hydrogen (secondary N) is 3. The van der Waals surface area contributed by atoms with E-state index in [4.69, 9.17) is 4.74 Å². The van der Waals surface area contributed by atoms with Crippen molar-refractivity contribution in [2.24, 2.45) is 5.92 Å². The van der Waals surface area contributed by atoms with Gasteiger partial charge in [-0.1, -0.05) is 30.3 Å². The monoisotopic (exact) mass is 430 g/mol. The van der Waals surface area contributed by atoms with E-state index in [9.17, 15) is 19.2 Å². The number of carbonyl (C=O) groups excluding carboxylic acids is 4. The predicted octanol–water partition coefficient (Wildman–Crippen LogP) is -0.746. The van der Waals surface area contributed by atoms with Crippen molar-refractivity contribution in [3.05, 3.63) is 35.9 Å². The summed E-state index contributed by atoms with van der Waals surface area (Å²) in [6, 6.07) is 7.86. The number of rotatable bonds is 10. The molecule has 2 heterocycles. The molecule has 0 aliphatic carbocycles. The molecule has 0 bridgehead atoms. The summed E-state index contributed by atoms with van der Waals surface area (Å²) in [4.78, 5) is 51.5. The van der Waals surface area contributed by atoms with E-state index in [-0.39, 0.29) is 24.2 Å². The maximum absolute atomic E-state index is 12.8. The minimum absolute atomic E-state index is 0.112. The molecule has 2 unspecified atom stereocenters. The normalized spacial score (nSPS) is 22.5. The van der Waals surface area contributed by atoms with Crippen molar-refractivity contribution < 1.29 is 23.9 Å². The lowest BCUT2D eigenvalue weighted by Gasteiger charge is -2.35. The molecular weight excluding hydrogens is 400 g/mol. The summed E-state index contributed by atoms with van der Waals surface area (Å²) in [7, 11) is 1.92. The van der Waals surface area contributed by atoms with Gasteiger partial charge in [0.25, 0.3) is 0 Å². The van der Waals surface area contributed by atoms with Gasteiger partial charge in [0.2, 0.25) is 17.7 Å². The molecule has 2 saturated heterocycles. The number of likely N-dealkylation sites (tertiary alicyclic amines) is 1. The number of carbonyl (C=O) groups is 4. The number of amides is 3. The first-order chi connectivity index (χ1) is 14.7. The van der Waals surface area contributed by atoms with Gasteiger partial charge in [-0.3, -0.25) is 19.2 Å². The molecule has 0 saturated carbocycles. The molecule has 168 valence electrons. The highest BCUT2D eigenvalue weighted by Crippen LogP contribution is 2.29. The van der Waals surface area contributed by atoms with Crippen molar-refractivity contribution in [1.29, 1.82) is 0 Å². The zero-order valence-corrected chi connectivity index (χ0v) is 18.1. The van der Waals surface area contributed by atoms with Crippen molar-refractivity contribution in [1.82, 2.24) is 20.9 Å². The van der Waals surface area contributed by atoms with Crippen LogP contribution in [0, 0.1) is 5.92 Å². The van der Waals surface area contributed by atoms with Crippen LogP contribution in [0.25, 0.3) is 0 Å². The van der Waals surface area contributed by atoms with Gasteiger partial charge >= 0.3 is 0 Å². The second-order valence-electron chi connectivity index (χ2n) is 8.56. The Morgan fingerprint density at radius 1 is 1.16 bits per heavy atom. The fraction of sp³-hybridized carbons (Fsp3) is 0.545. The van der Waals surface area contributed by atoms with E-state index in [2.05, 4.69) is 16.0 Å². The van der Waals surface area contributed by atoms with Crippen molar-refractivity contribution in [2.45, 2.75) is 38.0 Å². The molecule has 9 nitrogen and oxygen atoms in total. The molecule has 1 aromatic rings. The van der Waals surface area contributed by atoms with Gasteiger partial charge in [-0.25, -0.2) is 0 Å². The SMILES string of the molecule is CC(NC(=O)C1CN(C)C1)C(=O)NCC(=O)NC(Cc1ccccc1)C(=O)[C@@]1(C)CO1. The van der Waals surface area contributed by atoms with Crippen molar-refractivity contribution in [3.63, 3.8) is 0 Å². The predicted molar refractivity (Wildman–Crippen MR) is 113 cm³/mol. The Morgan fingerprint density at radius 3 is 2.39 bits per heavy atom. The molecule has 9 heteroatoms. The fourth-order valence-corrected chi connectivity index (χ4v) is 3.51. The maximum Gasteiger partial charge on any atom is 0.242 e. The molecule has 3 amide bonds. The number of benzene rings is 1. The van der Waals surface area contributed by atoms with E-state index in [0.717, 1.165) is 5.56 Å². The summed E-state index contributed by atoms with van der Waals surface area (Å²) in [6.45, 7) is 4.65. The number of hydrogen-bond donors (Lipinski definition) is 3. The number of epoxide rings is 1. The van der Waals surface area contributed by atoms with Gasteiger partial charge < -0.3 is 25.6 Å². The summed E-state index contributed by atoms with van der Waals surface area (Å²) in [5.74, 6) is -1.41. The number of nitrogens with zero attached hydrogens (tertiary/aromatic N) is 1. The minimum Gasteiger partial charge on any atom is -0.361 e. The largest absolute Gasteiger partial charge is 0.361 e. The Labute approximate surface area is 181 Å². The number of ketones is 1. The van der Waals surface area contributed by atoms with Crippen molar-refractivity contribution in [2.75, 3.05) is 33.3 Å². The van der Waals surface area contributed by atoms with Gasteiger partial charge in [0.05, 0.1) is 25.1 Å². The van der Waals surface area contributed by atoms with E-state index >= 15 is 0 Å². The molecule has 0 aromatic heterocycles. The average molecular weight is 431 g/mol. The van der Waals surface area contributed by atoms with Gasteiger partial charge in [-0.2, -0.15) is 0 Å². The molecule has 0 radical (unpaired) electrons. The molecule has 3 rings (SSSR count). The van der Waals surface area contributed by atoms with Gasteiger partial charge in [-0.05, 0) is 32.9 Å². The summed E-state index contributed by atoms with van der Waals surface area (Å²) < 4.78 is 5.25. The standard InChI is InChI=1S/C22H30N4O5/c1-14(24-21(30)16-11-26(3)12-16)20(29)23-10-18(27)25-17(19(28)22(2)13-31-22)9-15-7-5-4-6-8-15/h4-8,14,16-17H,9-13H2,1-3H3,(H,23,29)(H,24,30)(H,25,27)/t14?,17?,22-/m1/s1. The first-order valence-electron chi connectivity index (χ1n) is 10.5. The van der Waals surface area contributed by atoms with Crippen LogP contribution < -0.4 is 16.0 Å². The Morgan fingerprint density at radius 2 is 1.81 bits per heavy atom. The lowest BCUT2D eigenvalue weighted by Crippen LogP contribution is -2.56. The van der Waals surface area contributed by atoms with Gasteiger partial charge in [0.1, 0.15) is 11.6 Å². The molecule has 1 aromatic carbocycles. The Kier molecular flexibility index (Phi) is 7.07. The van der Waals surface area contributed by atoms with Crippen LogP contribution in [0.3, 0.4) is 0 Å². The zero-order valence-electron chi connectivity index (χ0n) is 18.1. The molecular formula is C22H30N4O5. The third kappa shape index (κ3) is 6.11. The smallest absolute Gasteiger partial charge is 0.242 e. The van der Waals surface area contributed by atoms with Crippen molar-refractivity contribution in [3.8, 4) is 0 Å². The third-order valence-electron chi connectivity index (χ3n) is 5.64. The fourth-order valence-electron chi connectivity index (χ4n) is 3.51. The van der Waals surface area contributed by atoms with Crippen LogP contribution in [0.1, 0.15) is 19.4 Å². The number of Topliss-reactive ketones (excluding diaryl/α,β-unsaturated/α-hetero) is 1. The Balaban J connectivity index is 1.48. The Bertz CT molecular complexity index is 834. The highest BCUT2D eigenvalue weighted by molar-refractivity contribution is 5.97. The first-order valence-corrected chi connectivity index (χ1v) is 10.5. The topological polar surface area (TPSA) is 120 Å². The van der Waals surface area contributed by atoms with Gasteiger partial charge in [0.15, 0.2) is 5.78 Å². The van der Waals surface area contributed by atoms with Crippen LogP contribution in [0.15, 0.2) is 30.3 Å². The first kappa shape index (κ1) is 22.9. The van der Waals surface area contributed by atoms with E-state index in [1.54, 1.807) is 13.8 Å². The minimum atomic E-state index is -0.871. The van der Waals surface area contributed by atoms with E-state index in [1.807, 2.05) is 42.3 Å². The van der Waals surface area contributed by atoms with E-state index in [0.29, 0.717) is 26.1 Å². The number of hydrogen-bond acceptors (Lipinski definition) is 6. The quantitative estimate of drug-likeness (QED) is 0.421. The molecule has 31 heavy (non-hydrogen) atoms. The van der Waals surface area contributed by atoms with Crippen LogP contribution in [0.4, 0.5) is 0 Å². The second kappa shape index (κ2) is 9.57. The summed E-state index contributed by atoms with van der Waals surface area (Å²) in [5.41, 5.74) is 0.0390. The van der Waals surface area contributed by atoms with Gasteiger partial charge in [0, 0.05) is 13.1 Å². The summed E-state index contributed by atoms with van der Waals surface area (Å²) in [6.07, 6.45) is 0.334. The third-order valence-corrected chi connectivity index (χ3v) is 5.64. The molecule has 2 aliphatic rings.